The second-order valence-corrected chi connectivity index (χ2v) is 15.7. The van der Waals surface area contributed by atoms with Crippen molar-refractivity contribution in [2.24, 2.45) is 5.92 Å². The maximum atomic E-state index is 15.6. The van der Waals surface area contributed by atoms with E-state index in [2.05, 4.69) is 20.7 Å². The molecule has 298 valence electrons. The number of amides is 3. The van der Waals surface area contributed by atoms with Gasteiger partial charge in [-0.25, -0.2) is 0 Å². The molecule has 3 aliphatic rings. The van der Waals surface area contributed by atoms with Crippen molar-refractivity contribution < 1.29 is 45.9 Å². The van der Waals surface area contributed by atoms with Crippen LogP contribution in [0.1, 0.15) is 70.3 Å². The molecule has 3 atom stereocenters. The van der Waals surface area contributed by atoms with Gasteiger partial charge in [0.1, 0.15) is 12.1 Å². The van der Waals surface area contributed by atoms with E-state index in [-0.39, 0.29) is 58.0 Å². The highest BCUT2D eigenvalue weighted by Crippen LogP contribution is 2.30. The summed E-state index contributed by atoms with van der Waals surface area (Å²) in [5.74, 6) is -9.63. The number of hydrogen-bond donors (Lipinski definition) is 4. The molecule has 0 aromatic heterocycles. The largest absolute Gasteiger partial charge is 0.383 e. The lowest BCUT2D eigenvalue weighted by Gasteiger charge is -2.31. The van der Waals surface area contributed by atoms with Gasteiger partial charge in [0.05, 0.1) is 32.5 Å². The summed E-state index contributed by atoms with van der Waals surface area (Å²) >= 11 is 0. The van der Waals surface area contributed by atoms with Crippen LogP contribution in [0, 0.1) is 5.92 Å². The van der Waals surface area contributed by atoms with Crippen molar-refractivity contribution in [3.63, 3.8) is 0 Å². The van der Waals surface area contributed by atoms with Crippen molar-refractivity contribution in [1.82, 2.24) is 29.9 Å². The third kappa shape index (κ3) is 13.3. The van der Waals surface area contributed by atoms with Gasteiger partial charge in [-0.15, -0.1) is 0 Å². The van der Waals surface area contributed by atoms with Crippen LogP contribution in [0.3, 0.4) is 0 Å². The molecule has 1 saturated carbocycles. The normalized spacial score (nSPS) is 19.8. The average Bonchev–Trinajstić information content (AvgIpc) is 3.17. The lowest BCUT2D eigenvalue weighted by Crippen LogP contribution is -2.60. The predicted molar refractivity (Wildman–Crippen MR) is 193 cm³/mol. The maximum Gasteiger partial charge on any atom is 0.383 e. The van der Waals surface area contributed by atoms with Crippen LogP contribution in [0.15, 0.2) is 30.3 Å². The zero-order valence-electron chi connectivity index (χ0n) is 30.7. The first-order valence-electron chi connectivity index (χ1n) is 18.9. The van der Waals surface area contributed by atoms with Crippen molar-refractivity contribution in [1.29, 1.82) is 0 Å². The highest BCUT2D eigenvalue weighted by Gasteiger charge is 2.51. The number of carbonyl (C=O) groups excluding carboxylic acids is 4. The van der Waals surface area contributed by atoms with Gasteiger partial charge in [-0.05, 0) is 30.7 Å². The average molecular weight is 771 g/mol. The molecule has 0 spiro atoms. The number of morpholine rings is 2. The molecule has 4 N–H and O–H groups in total. The minimum atomic E-state index is -4.42. The Labute approximate surface area is 311 Å². The van der Waals surface area contributed by atoms with Crippen LogP contribution in [-0.2, 0) is 45.3 Å². The quantitative estimate of drug-likeness (QED) is 0.144. The molecule has 3 fully saturated rings. The molecule has 2 heterocycles. The van der Waals surface area contributed by atoms with E-state index in [1.54, 1.807) is 30.3 Å². The Bertz CT molecular complexity index is 1440. The number of nitrogens with zero attached hydrogens (tertiary/aromatic N) is 2. The zero-order chi connectivity index (χ0) is 38.3. The first-order chi connectivity index (χ1) is 25.4. The van der Waals surface area contributed by atoms with E-state index in [0.717, 1.165) is 19.3 Å². The van der Waals surface area contributed by atoms with E-state index >= 15 is 8.78 Å². The first-order valence-corrected chi connectivity index (χ1v) is 20.3. The van der Waals surface area contributed by atoms with Gasteiger partial charge in [0.15, 0.2) is 0 Å². The molecule has 17 heteroatoms. The van der Waals surface area contributed by atoms with Crippen molar-refractivity contribution in [3.05, 3.63) is 35.9 Å². The highest BCUT2D eigenvalue weighted by molar-refractivity contribution is 7.87. The lowest BCUT2D eigenvalue weighted by molar-refractivity contribution is -0.160. The summed E-state index contributed by atoms with van der Waals surface area (Å²) in [5, 5.41) is 7.33. The number of nitrogens with one attached hydrogen (secondary N) is 4. The van der Waals surface area contributed by atoms with Crippen molar-refractivity contribution in [2.45, 2.75) is 95.2 Å². The minimum Gasteiger partial charge on any atom is -0.379 e. The molecule has 1 aromatic rings. The topological polar surface area (TPSA) is 175 Å². The lowest BCUT2D eigenvalue weighted by atomic mass is 9.83. The van der Waals surface area contributed by atoms with Gasteiger partial charge in [0.25, 0.3) is 16.1 Å². The van der Waals surface area contributed by atoms with Gasteiger partial charge >= 0.3 is 5.92 Å². The molecular formula is C36H56F2N6O8S. The van der Waals surface area contributed by atoms with E-state index in [1.165, 1.54) is 4.31 Å². The number of carbonyl (C=O) groups is 4. The number of benzene rings is 1. The molecule has 2 saturated heterocycles. The maximum absolute atomic E-state index is 15.6. The third-order valence-corrected chi connectivity index (χ3v) is 11.6. The Morgan fingerprint density at radius 3 is 2.11 bits per heavy atom. The highest BCUT2D eigenvalue weighted by atomic mass is 32.2. The summed E-state index contributed by atoms with van der Waals surface area (Å²) in [4.78, 5) is 56.0. The van der Waals surface area contributed by atoms with Gasteiger partial charge in [0.2, 0.25) is 17.6 Å². The SMILES string of the molecule is CCCC[C@H](NC(=O)[C@H](Cc1ccccc1)NS(=O)(=O)N1CCOCC1)C(=O)N[C@@H](CC1CCCCC1)C(=O)C(F)(F)C(=O)NCCN1CCOCC1. The summed E-state index contributed by atoms with van der Waals surface area (Å²) in [6.07, 6.45) is 5.16. The van der Waals surface area contributed by atoms with Crippen LogP contribution in [0.25, 0.3) is 0 Å². The van der Waals surface area contributed by atoms with E-state index in [0.29, 0.717) is 64.1 Å². The first kappa shape index (κ1) is 42.6. The zero-order valence-corrected chi connectivity index (χ0v) is 31.5. The Morgan fingerprint density at radius 1 is 0.868 bits per heavy atom. The predicted octanol–water partition coefficient (Wildman–Crippen LogP) is 1.55. The number of ether oxygens (including phenoxy) is 2. The smallest absolute Gasteiger partial charge is 0.379 e. The fourth-order valence-corrected chi connectivity index (χ4v) is 8.21. The van der Waals surface area contributed by atoms with Gasteiger partial charge < -0.3 is 25.4 Å². The summed E-state index contributed by atoms with van der Waals surface area (Å²) < 4.78 is 72.1. The number of unbranched alkanes of at least 4 members (excludes halogenated alkanes) is 1. The molecule has 4 rings (SSSR count). The number of ketones is 1. The van der Waals surface area contributed by atoms with Gasteiger partial charge in [0, 0.05) is 39.3 Å². The van der Waals surface area contributed by atoms with Gasteiger partial charge in [-0.1, -0.05) is 82.2 Å². The Balaban J connectivity index is 1.50. The molecule has 3 amide bonds. The van der Waals surface area contributed by atoms with Gasteiger partial charge in [-0.2, -0.15) is 26.2 Å². The molecular weight excluding hydrogens is 714 g/mol. The second-order valence-electron chi connectivity index (χ2n) is 14.0. The van der Waals surface area contributed by atoms with Crippen LogP contribution in [0.2, 0.25) is 0 Å². The summed E-state index contributed by atoms with van der Waals surface area (Å²) in [7, 11) is -4.14. The molecule has 1 aromatic carbocycles. The van der Waals surface area contributed by atoms with Crippen LogP contribution >= 0.6 is 0 Å². The second kappa shape index (κ2) is 21.1. The van der Waals surface area contributed by atoms with Crippen LogP contribution < -0.4 is 20.7 Å². The number of alkyl halides is 2. The van der Waals surface area contributed by atoms with Crippen molar-refractivity contribution in [2.75, 3.05) is 65.7 Å². The van der Waals surface area contributed by atoms with E-state index in [1.807, 2.05) is 11.8 Å². The van der Waals surface area contributed by atoms with E-state index in [4.69, 9.17) is 9.47 Å². The Morgan fingerprint density at radius 2 is 1.47 bits per heavy atom. The molecule has 0 radical (unpaired) electrons. The molecule has 0 bridgehead atoms. The molecule has 2 aliphatic heterocycles. The van der Waals surface area contributed by atoms with Crippen molar-refractivity contribution >= 4 is 33.7 Å². The minimum absolute atomic E-state index is 0.0337. The fourth-order valence-electron chi connectivity index (χ4n) is 6.88. The third-order valence-electron chi connectivity index (χ3n) is 10.0. The van der Waals surface area contributed by atoms with E-state index in [9.17, 15) is 27.6 Å². The molecule has 1 aliphatic carbocycles. The van der Waals surface area contributed by atoms with Gasteiger partial charge in [-0.3, -0.25) is 24.1 Å². The number of halogens is 2. The molecule has 53 heavy (non-hydrogen) atoms. The number of rotatable bonds is 20. The van der Waals surface area contributed by atoms with E-state index < -0.39 is 57.8 Å². The summed E-state index contributed by atoms with van der Waals surface area (Å²) in [6, 6.07) is 4.48. The number of hydrogen-bond acceptors (Lipinski definition) is 9. The monoisotopic (exact) mass is 770 g/mol. The van der Waals surface area contributed by atoms with Crippen LogP contribution in [-0.4, -0.2) is 131 Å². The standard InChI is InChI=1S/C36H56F2N6O8S/c1-2-3-14-29(40-34(47)31(26-28-12-8-5-9-13-28)42-53(49,50)44-19-23-52-24-20-44)33(46)41-30(25-27-10-6-4-7-11-27)32(45)36(37,38)35(48)39-15-16-43-17-21-51-22-18-43/h5,8-9,12-13,27,29-31,42H,2-4,6-7,10-11,14-26H2,1H3,(H,39,48)(H,40,47)(H,41,46)/t29-,30-,31-/m0/s1. The summed E-state index contributed by atoms with van der Waals surface area (Å²) in [6.45, 7) is 4.90. The molecule has 0 unspecified atom stereocenters. The number of Topliss-reactive ketones (excluding diaryl/α,β-unsaturated/α-hetero) is 1. The summed E-state index contributed by atoms with van der Waals surface area (Å²) in [5.41, 5.74) is 0.662. The Kier molecular flexibility index (Phi) is 17.0. The van der Waals surface area contributed by atoms with Crippen LogP contribution in [0.5, 0.6) is 0 Å². The Hall–Kier alpha value is -3.09. The molecule has 14 nitrogen and oxygen atoms in total. The van der Waals surface area contributed by atoms with Crippen LogP contribution in [0.4, 0.5) is 8.78 Å². The van der Waals surface area contributed by atoms with Crippen molar-refractivity contribution in [3.8, 4) is 0 Å². The fraction of sp³-hybridized carbons (Fsp3) is 0.722.